The third-order valence-electron chi connectivity index (χ3n) is 1.42. The lowest BCUT2D eigenvalue weighted by atomic mass is 10.1. The van der Waals surface area contributed by atoms with E-state index in [1.54, 1.807) is 13.1 Å². The van der Waals surface area contributed by atoms with E-state index in [0.717, 1.165) is 5.56 Å². The summed E-state index contributed by atoms with van der Waals surface area (Å²) in [5.74, 6) is -0.212. The highest BCUT2D eigenvalue weighted by Gasteiger charge is 1.96. The van der Waals surface area contributed by atoms with Gasteiger partial charge in [-0.15, -0.1) is 0 Å². The summed E-state index contributed by atoms with van der Waals surface area (Å²) < 4.78 is 12.9. The van der Waals surface area contributed by atoms with Crippen molar-refractivity contribution in [3.05, 3.63) is 35.1 Å². The Bertz CT molecular complexity index is 279. The van der Waals surface area contributed by atoms with Gasteiger partial charge in [-0.1, -0.05) is 12.1 Å². The smallest absolute Gasteiger partial charge is 0.132 e. The minimum Gasteiger partial charge on any atom is -0.296 e. The number of nitrogens with zero attached hydrogens (tertiary/aromatic N) is 1. The van der Waals surface area contributed by atoms with Gasteiger partial charge in [-0.2, -0.15) is 0 Å². The molecule has 0 radical (unpaired) electrons. The summed E-state index contributed by atoms with van der Waals surface area (Å²) in [7, 11) is 1.62. The van der Waals surface area contributed by atoms with E-state index in [9.17, 15) is 4.39 Å². The minimum atomic E-state index is -0.212. The minimum absolute atomic E-state index is 0.212. The van der Waals surface area contributed by atoms with Crippen molar-refractivity contribution in [2.75, 3.05) is 7.05 Å². The van der Waals surface area contributed by atoms with Crippen LogP contribution in [0.3, 0.4) is 0 Å². The number of hydrogen-bond acceptors (Lipinski definition) is 1. The quantitative estimate of drug-likeness (QED) is 0.545. The van der Waals surface area contributed by atoms with E-state index in [0.29, 0.717) is 5.56 Å². The van der Waals surface area contributed by atoms with Crippen molar-refractivity contribution in [3.63, 3.8) is 0 Å². The Kier molecular flexibility index (Phi) is 2.36. The molecule has 0 atom stereocenters. The zero-order chi connectivity index (χ0) is 8.27. The largest absolute Gasteiger partial charge is 0.296 e. The summed E-state index contributed by atoms with van der Waals surface area (Å²) in [4.78, 5) is 3.73. The van der Waals surface area contributed by atoms with Crippen LogP contribution in [-0.4, -0.2) is 13.3 Å². The maximum Gasteiger partial charge on any atom is 0.132 e. The Morgan fingerprint density at radius 3 is 2.73 bits per heavy atom. The molecule has 1 aromatic rings. The summed E-state index contributed by atoms with van der Waals surface area (Å²) in [6.45, 7) is 1.86. The Labute approximate surface area is 65.6 Å². The van der Waals surface area contributed by atoms with Gasteiger partial charge in [0.2, 0.25) is 0 Å². The number of hydrogen-bond donors (Lipinski definition) is 0. The van der Waals surface area contributed by atoms with Crippen molar-refractivity contribution >= 4 is 6.21 Å². The van der Waals surface area contributed by atoms with E-state index >= 15 is 0 Å². The first-order valence-corrected chi connectivity index (χ1v) is 3.42. The van der Waals surface area contributed by atoms with Crippen LogP contribution in [0.1, 0.15) is 11.1 Å². The molecule has 0 aliphatic rings. The van der Waals surface area contributed by atoms with Crippen molar-refractivity contribution in [2.45, 2.75) is 6.92 Å². The maximum absolute atomic E-state index is 12.9. The number of aliphatic imine (C=N–C) groups is 1. The number of benzene rings is 1. The summed E-state index contributed by atoms with van der Waals surface area (Å²) >= 11 is 0. The van der Waals surface area contributed by atoms with Gasteiger partial charge in [-0.25, -0.2) is 4.39 Å². The highest BCUT2D eigenvalue weighted by Crippen LogP contribution is 2.06. The molecule has 0 aliphatic heterocycles. The van der Waals surface area contributed by atoms with Crippen LogP contribution in [-0.2, 0) is 0 Å². The molecule has 0 amide bonds. The predicted octanol–water partition coefficient (Wildman–Crippen LogP) is 2.18. The number of aryl methyl sites for hydroxylation is 1. The fourth-order valence-electron chi connectivity index (χ4n) is 0.876. The molecule has 11 heavy (non-hydrogen) atoms. The first-order chi connectivity index (χ1) is 5.24. The van der Waals surface area contributed by atoms with Gasteiger partial charge in [0.25, 0.3) is 0 Å². The van der Waals surface area contributed by atoms with E-state index < -0.39 is 0 Å². The van der Waals surface area contributed by atoms with E-state index in [2.05, 4.69) is 4.99 Å². The third kappa shape index (κ3) is 1.87. The van der Waals surface area contributed by atoms with Crippen LogP contribution < -0.4 is 0 Å². The van der Waals surface area contributed by atoms with Gasteiger partial charge in [0.15, 0.2) is 0 Å². The molecule has 58 valence electrons. The van der Waals surface area contributed by atoms with Crippen molar-refractivity contribution in [1.29, 1.82) is 0 Å². The van der Waals surface area contributed by atoms with Gasteiger partial charge in [-0.3, -0.25) is 4.99 Å². The summed E-state index contributed by atoms with van der Waals surface area (Å²) in [6.07, 6.45) is 1.51. The lowest BCUT2D eigenvalue weighted by Crippen LogP contribution is -1.88. The van der Waals surface area contributed by atoms with Gasteiger partial charge in [0.05, 0.1) is 0 Å². The molecule has 0 unspecified atom stereocenters. The monoisotopic (exact) mass is 151 g/mol. The molecular formula is C9H10FN. The van der Waals surface area contributed by atoms with Crippen molar-refractivity contribution in [1.82, 2.24) is 0 Å². The highest BCUT2D eigenvalue weighted by atomic mass is 19.1. The van der Waals surface area contributed by atoms with Crippen LogP contribution in [0.2, 0.25) is 0 Å². The fourth-order valence-corrected chi connectivity index (χ4v) is 0.876. The SMILES string of the molecule is CN=Cc1ccc(C)cc1F. The second-order valence-corrected chi connectivity index (χ2v) is 2.41. The van der Waals surface area contributed by atoms with E-state index in [4.69, 9.17) is 0 Å². The van der Waals surface area contributed by atoms with Crippen LogP contribution in [0, 0.1) is 12.7 Å². The molecule has 0 bridgehead atoms. The third-order valence-corrected chi connectivity index (χ3v) is 1.42. The van der Waals surface area contributed by atoms with Crippen molar-refractivity contribution in [3.8, 4) is 0 Å². The molecule has 1 aromatic carbocycles. The number of halogens is 1. The molecule has 0 spiro atoms. The van der Waals surface area contributed by atoms with E-state index in [1.165, 1.54) is 12.3 Å². The molecule has 0 aliphatic carbocycles. The molecule has 1 nitrogen and oxygen atoms in total. The fraction of sp³-hybridized carbons (Fsp3) is 0.222. The zero-order valence-corrected chi connectivity index (χ0v) is 6.63. The van der Waals surface area contributed by atoms with Gasteiger partial charge in [0, 0.05) is 18.8 Å². The molecule has 1 rings (SSSR count). The van der Waals surface area contributed by atoms with Crippen LogP contribution in [0.4, 0.5) is 4.39 Å². The number of rotatable bonds is 1. The Balaban J connectivity index is 3.09. The molecule has 0 N–H and O–H groups in total. The Morgan fingerprint density at radius 1 is 1.45 bits per heavy atom. The van der Waals surface area contributed by atoms with Gasteiger partial charge >= 0.3 is 0 Å². The summed E-state index contributed by atoms with van der Waals surface area (Å²) in [5, 5.41) is 0. The average Bonchev–Trinajstić information content (AvgIpc) is 1.95. The predicted molar refractivity (Wildman–Crippen MR) is 44.7 cm³/mol. The standard InChI is InChI=1S/C9H10FN/c1-7-3-4-8(6-11-2)9(10)5-7/h3-6H,1-2H3. The van der Waals surface area contributed by atoms with E-state index in [1.807, 2.05) is 13.0 Å². The molecule has 0 saturated heterocycles. The normalized spacial score (nSPS) is 10.8. The first-order valence-electron chi connectivity index (χ1n) is 3.42. The van der Waals surface area contributed by atoms with Crippen LogP contribution >= 0.6 is 0 Å². The lowest BCUT2D eigenvalue weighted by Gasteiger charge is -1.96. The topological polar surface area (TPSA) is 12.4 Å². The summed E-state index contributed by atoms with van der Waals surface area (Å²) in [6, 6.07) is 5.08. The molecule has 0 aromatic heterocycles. The van der Waals surface area contributed by atoms with Crippen molar-refractivity contribution in [2.24, 2.45) is 4.99 Å². The maximum atomic E-state index is 12.9. The van der Waals surface area contributed by atoms with Crippen molar-refractivity contribution < 1.29 is 4.39 Å². The highest BCUT2D eigenvalue weighted by molar-refractivity contribution is 5.79. The van der Waals surface area contributed by atoms with Gasteiger partial charge < -0.3 is 0 Å². The molecular weight excluding hydrogens is 141 g/mol. The van der Waals surface area contributed by atoms with Gasteiger partial charge in [0.1, 0.15) is 5.82 Å². The Hall–Kier alpha value is -1.18. The van der Waals surface area contributed by atoms with Crippen LogP contribution in [0.25, 0.3) is 0 Å². The molecule has 0 saturated carbocycles. The molecule has 0 fully saturated rings. The second kappa shape index (κ2) is 3.28. The van der Waals surface area contributed by atoms with Gasteiger partial charge in [-0.05, 0) is 18.6 Å². The zero-order valence-electron chi connectivity index (χ0n) is 6.63. The van der Waals surface area contributed by atoms with Crippen LogP contribution in [0.15, 0.2) is 23.2 Å². The first kappa shape index (κ1) is 7.92. The molecule has 2 heteroatoms. The average molecular weight is 151 g/mol. The van der Waals surface area contributed by atoms with Crippen LogP contribution in [0.5, 0.6) is 0 Å². The lowest BCUT2D eigenvalue weighted by molar-refractivity contribution is 0.625. The van der Waals surface area contributed by atoms with E-state index in [-0.39, 0.29) is 5.82 Å². The molecule has 0 heterocycles. The Morgan fingerprint density at radius 2 is 2.18 bits per heavy atom. The summed E-state index contributed by atoms with van der Waals surface area (Å²) in [5.41, 5.74) is 1.47. The second-order valence-electron chi connectivity index (χ2n) is 2.41.